The molecule has 0 aromatic carbocycles. The maximum atomic E-state index is 11.4. The number of aromatic nitrogens is 2. The molecule has 0 spiro atoms. The second kappa shape index (κ2) is 7.26. The third-order valence-corrected chi connectivity index (χ3v) is 5.16. The Labute approximate surface area is 120 Å². The number of aryl methyl sites for hydroxylation is 2. The highest BCUT2D eigenvalue weighted by molar-refractivity contribution is 7.91. The van der Waals surface area contributed by atoms with E-state index in [-0.39, 0.29) is 11.5 Å². The van der Waals surface area contributed by atoms with Gasteiger partial charge in [0.1, 0.15) is 0 Å². The minimum atomic E-state index is -2.92. The molecule has 0 aliphatic carbocycles. The number of hydrogen-bond donors (Lipinski definition) is 1. The Kier molecular flexibility index (Phi) is 6.29. The van der Waals surface area contributed by atoms with Gasteiger partial charge >= 0.3 is 0 Å². The third-order valence-electron chi connectivity index (χ3n) is 3.02. The molecule has 110 valence electrons. The van der Waals surface area contributed by atoms with Gasteiger partial charge in [0.15, 0.2) is 9.84 Å². The summed E-state index contributed by atoms with van der Waals surface area (Å²) in [5.41, 5.74) is 1.82. The standard InChI is InChI=1S/C12H22ClN3O2S/c1-4-10-12(13)11(16(5-2)15-10)9-14-7-8-19(17,18)6-3/h14H,4-9H2,1-3H3. The van der Waals surface area contributed by atoms with E-state index in [0.29, 0.717) is 18.1 Å². The van der Waals surface area contributed by atoms with Crippen LogP contribution in [0, 0.1) is 0 Å². The fourth-order valence-corrected chi connectivity index (χ4v) is 2.84. The summed E-state index contributed by atoms with van der Waals surface area (Å²) in [6.07, 6.45) is 0.795. The van der Waals surface area contributed by atoms with Crippen LogP contribution in [0.5, 0.6) is 0 Å². The molecule has 0 fully saturated rings. The van der Waals surface area contributed by atoms with Gasteiger partial charge in [0.25, 0.3) is 0 Å². The number of nitrogens with one attached hydrogen (secondary N) is 1. The predicted octanol–water partition coefficient (Wildman–Crippen LogP) is 1.64. The van der Waals surface area contributed by atoms with Gasteiger partial charge in [-0.15, -0.1) is 0 Å². The Bertz CT molecular complexity index is 511. The van der Waals surface area contributed by atoms with E-state index in [4.69, 9.17) is 11.6 Å². The Morgan fingerprint density at radius 3 is 2.53 bits per heavy atom. The van der Waals surface area contributed by atoms with E-state index in [1.54, 1.807) is 6.92 Å². The lowest BCUT2D eigenvalue weighted by Crippen LogP contribution is -2.24. The minimum absolute atomic E-state index is 0.155. The SMILES string of the molecule is CCc1nn(CC)c(CNCCS(=O)(=O)CC)c1Cl. The Morgan fingerprint density at radius 2 is 2.00 bits per heavy atom. The van der Waals surface area contributed by atoms with E-state index >= 15 is 0 Å². The highest BCUT2D eigenvalue weighted by atomic mass is 35.5. The van der Waals surface area contributed by atoms with E-state index in [1.165, 1.54) is 0 Å². The number of rotatable bonds is 8. The molecule has 0 saturated heterocycles. The monoisotopic (exact) mass is 307 g/mol. The Hall–Kier alpha value is -0.590. The molecule has 1 N–H and O–H groups in total. The lowest BCUT2D eigenvalue weighted by Gasteiger charge is -2.07. The van der Waals surface area contributed by atoms with Gasteiger partial charge in [0.2, 0.25) is 0 Å². The maximum Gasteiger partial charge on any atom is 0.151 e. The molecule has 1 heterocycles. The molecular formula is C12H22ClN3O2S. The summed E-state index contributed by atoms with van der Waals surface area (Å²) in [7, 11) is -2.92. The van der Waals surface area contributed by atoms with Crippen LogP contribution in [0.15, 0.2) is 0 Å². The van der Waals surface area contributed by atoms with Crippen LogP contribution in [0.4, 0.5) is 0 Å². The molecule has 0 atom stereocenters. The van der Waals surface area contributed by atoms with E-state index in [9.17, 15) is 8.42 Å². The van der Waals surface area contributed by atoms with Crippen molar-refractivity contribution in [2.75, 3.05) is 18.1 Å². The summed E-state index contributed by atoms with van der Waals surface area (Å²) in [5.74, 6) is 0.338. The van der Waals surface area contributed by atoms with Crippen LogP contribution >= 0.6 is 11.6 Å². The first-order valence-corrected chi connectivity index (χ1v) is 8.80. The topological polar surface area (TPSA) is 64.0 Å². The zero-order valence-electron chi connectivity index (χ0n) is 11.7. The zero-order valence-corrected chi connectivity index (χ0v) is 13.3. The number of nitrogens with zero attached hydrogens (tertiary/aromatic N) is 2. The normalized spacial score (nSPS) is 12.0. The molecular weight excluding hydrogens is 286 g/mol. The smallest absolute Gasteiger partial charge is 0.151 e. The van der Waals surface area contributed by atoms with Crippen LogP contribution in [0.25, 0.3) is 0 Å². The van der Waals surface area contributed by atoms with Gasteiger partial charge in [-0.2, -0.15) is 5.10 Å². The highest BCUT2D eigenvalue weighted by Crippen LogP contribution is 2.21. The van der Waals surface area contributed by atoms with Crippen molar-refractivity contribution in [1.82, 2.24) is 15.1 Å². The molecule has 0 aliphatic rings. The van der Waals surface area contributed by atoms with Crippen LogP contribution in [0.3, 0.4) is 0 Å². The van der Waals surface area contributed by atoms with Crippen molar-refractivity contribution >= 4 is 21.4 Å². The first-order valence-electron chi connectivity index (χ1n) is 6.60. The fraction of sp³-hybridized carbons (Fsp3) is 0.750. The van der Waals surface area contributed by atoms with Gasteiger partial charge in [0.05, 0.1) is 22.2 Å². The van der Waals surface area contributed by atoms with Gasteiger partial charge in [0, 0.05) is 25.4 Å². The molecule has 0 aliphatic heterocycles. The van der Waals surface area contributed by atoms with E-state index in [0.717, 1.165) is 24.4 Å². The van der Waals surface area contributed by atoms with Crippen molar-refractivity contribution in [3.8, 4) is 0 Å². The molecule has 0 unspecified atom stereocenters. The highest BCUT2D eigenvalue weighted by Gasteiger charge is 2.14. The number of halogens is 1. The van der Waals surface area contributed by atoms with E-state index < -0.39 is 9.84 Å². The average Bonchev–Trinajstić information content (AvgIpc) is 2.71. The second-order valence-electron chi connectivity index (χ2n) is 4.29. The van der Waals surface area contributed by atoms with Crippen LogP contribution < -0.4 is 5.32 Å². The van der Waals surface area contributed by atoms with Crippen molar-refractivity contribution in [1.29, 1.82) is 0 Å². The molecule has 1 aromatic heterocycles. The maximum absolute atomic E-state index is 11.4. The molecule has 0 saturated carbocycles. The molecule has 0 amide bonds. The third kappa shape index (κ3) is 4.47. The summed E-state index contributed by atoms with van der Waals surface area (Å²) < 4.78 is 24.6. The molecule has 7 heteroatoms. The molecule has 0 radical (unpaired) electrons. The predicted molar refractivity (Wildman–Crippen MR) is 78.3 cm³/mol. The van der Waals surface area contributed by atoms with Crippen molar-refractivity contribution in [3.63, 3.8) is 0 Å². The van der Waals surface area contributed by atoms with E-state index in [1.807, 2.05) is 18.5 Å². The molecule has 19 heavy (non-hydrogen) atoms. The average molecular weight is 308 g/mol. The largest absolute Gasteiger partial charge is 0.310 e. The molecule has 1 rings (SSSR count). The van der Waals surface area contributed by atoms with Gasteiger partial charge in [-0.3, -0.25) is 4.68 Å². The van der Waals surface area contributed by atoms with Gasteiger partial charge in [-0.05, 0) is 13.3 Å². The Morgan fingerprint density at radius 1 is 1.32 bits per heavy atom. The molecule has 1 aromatic rings. The summed E-state index contributed by atoms with van der Waals surface area (Å²) in [6, 6.07) is 0. The number of hydrogen-bond acceptors (Lipinski definition) is 4. The van der Waals surface area contributed by atoms with Crippen molar-refractivity contribution in [2.45, 2.75) is 40.3 Å². The van der Waals surface area contributed by atoms with Crippen molar-refractivity contribution in [2.24, 2.45) is 0 Å². The van der Waals surface area contributed by atoms with Gasteiger partial charge < -0.3 is 5.32 Å². The Balaban J connectivity index is 2.60. The van der Waals surface area contributed by atoms with Crippen molar-refractivity contribution < 1.29 is 8.42 Å². The minimum Gasteiger partial charge on any atom is -0.310 e. The summed E-state index contributed by atoms with van der Waals surface area (Å²) in [6.45, 7) is 7.41. The summed E-state index contributed by atoms with van der Waals surface area (Å²) >= 11 is 6.26. The first kappa shape index (κ1) is 16.5. The molecule has 5 nitrogen and oxygen atoms in total. The fourth-order valence-electron chi connectivity index (χ4n) is 1.76. The van der Waals surface area contributed by atoms with Gasteiger partial charge in [-0.1, -0.05) is 25.4 Å². The second-order valence-corrected chi connectivity index (χ2v) is 7.14. The van der Waals surface area contributed by atoms with Crippen LogP contribution in [0.2, 0.25) is 5.02 Å². The van der Waals surface area contributed by atoms with E-state index in [2.05, 4.69) is 10.4 Å². The zero-order chi connectivity index (χ0) is 14.5. The van der Waals surface area contributed by atoms with Crippen LogP contribution in [0.1, 0.15) is 32.2 Å². The summed E-state index contributed by atoms with van der Waals surface area (Å²) in [5, 5.41) is 8.23. The van der Waals surface area contributed by atoms with Gasteiger partial charge in [-0.25, -0.2) is 8.42 Å². The first-order chi connectivity index (χ1) is 8.95. The number of sulfone groups is 1. The molecule has 0 bridgehead atoms. The lowest BCUT2D eigenvalue weighted by atomic mass is 10.3. The quantitative estimate of drug-likeness (QED) is 0.742. The summed E-state index contributed by atoms with van der Waals surface area (Å²) in [4.78, 5) is 0. The van der Waals surface area contributed by atoms with Crippen LogP contribution in [-0.4, -0.2) is 36.2 Å². The lowest BCUT2D eigenvalue weighted by molar-refractivity contribution is 0.575. The van der Waals surface area contributed by atoms with Crippen molar-refractivity contribution in [3.05, 3.63) is 16.4 Å². The van der Waals surface area contributed by atoms with Crippen LogP contribution in [-0.2, 0) is 29.3 Å².